The van der Waals surface area contributed by atoms with Gasteiger partial charge in [0.25, 0.3) is 5.91 Å². The van der Waals surface area contributed by atoms with E-state index in [-0.39, 0.29) is 5.91 Å². The Kier molecular flexibility index (Phi) is 8.76. The van der Waals surface area contributed by atoms with Gasteiger partial charge in [0.2, 0.25) is 0 Å². The van der Waals surface area contributed by atoms with Gasteiger partial charge in [-0.3, -0.25) is 4.79 Å². The fourth-order valence-corrected chi connectivity index (χ4v) is 6.31. The topological polar surface area (TPSA) is 37.3 Å². The SMILES string of the molecule is O=C(NC1CCCCCCC1)c1c(Cc2ccccc2)c2ccccc2n1CCCCN1CCCC1. The highest BCUT2D eigenvalue weighted by Gasteiger charge is 2.25. The number of carbonyl (C=O) groups is 1. The maximum Gasteiger partial charge on any atom is 0.268 e. The standard InChI is InChI=1S/C32H43N3O/c36-32(33-27-17-7-2-1-3-8-18-27)31-29(25-26-15-5-4-6-16-26)28-19-9-10-20-30(28)35(31)24-14-13-23-34-21-11-12-22-34/h4-6,9-10,15-16,19-20,27H,1-3,7-8,11-14,17-18,21-25H2,(H,33,36). The maximum atomic E-state index is 14.0. The number of para-hydroxylation sites is 1. The van der Waals surface area contributed by atoms with Crippen LogP contribution in [-0.2, 0) is 13.0 Å². The Labute approximate surface area is 217 Å². The number of nitrogens with zero attached hydrogens (tertiary/aromatic N) is 2. The summed E-state index contributed by atoms with van der Waals surface area (Å²) in [6.45, 7) is 4.58. The molecule has 1 amide bonds. The van der Waals surface area contributed by atoms with Crippen LogP contribution in [0.4, 0.5) is 0 Å². The maximum absolute atomic E-state index is 14.0. The van der Waals surface area contributed by atoms with Crippen LogP contribution in [0, 0.1) is 0 Å². The summed E-state index contributed by atoms with van der Waals surface area (Å²) in [6.07, 6.45) is 14.4. The lowest BCUT2D eigenvalue weighted by Crippen LogP contribution is -2.37. The summed E-state index contributed by atoms with van der Waals surface area (Å²) in [5.41, 5.74) is 4.53. The lowest BCUT2D eigenvalue weighted by Gasteiger charge is -2.22. The Balaban J connectivity index is 1.43. The highest BCUT2D eigenvalue weighted by Crippen LogP contribution is 2.30. The minimum atomic E-state index is 0.127. The van der Waals surface area contributed by atoms with Crippen LogP contribution in [0.5, 0.6) is 0 Å². The summed E-state index contributed by atoms with van der Waals surface area (Å²) in [6, 6.07) is 19.6. The predicted octanol–water partition coefficient (Wildman–Crippen LogP) is 6.95. The monoisotopic (exact) mass is 485 g/mol. The van der Waals surface area contributed by atoms with E-state index in [1.165, 1.54) is 93.0 Å². The molecule has 1 aliphatic carbocycles. The van der Waals surface area contributed by atoms with Crippen LogP contribution in [0.1, 0.15) is 92.2 Å². The molecule has 2 heterocycles. The molecule has 0 radical (unpaired) electrons. The minimum Gasteiger partial charge on any atom is -0.348 e. The molecule has 2 fully saturated rings. The summed E-state index contributed by atoms with van der Waals surface area (Å²) in [5.74, 6) is 0.127. The molecule has 192 valence electrons. The van der Waals surface area contributed by atoms with Crippen LogP contribution in [0.25, 0.3) is 10.9 Å². The normalized spacial score (nSPS) is 17.8. The zero-order valence-corrected chi connectivity index (χ0v) is 21.9. The molecule has 1 saturated heterocycles. The average molecular weight is 486 g/mol. The average Bonchev–Trinajstić information content (AvgIpc) is 3.51. The first kappa shape index (κ1) is 25.1. The molecule has 4 heteroatoms. The number of benzene rings is 2. The number of amides is 1. The molecule has 36 heavy (non-hydrogen) atoms. The molecule has 2 aromatic carbocycles. The van der Waals surface area contributed by atoms with Gasteiger partial charge in [0.1, 0.15) is 5.69 Å². The Hall–Kier alpha value is -2.59. The molecule has 5 rings (SSSR count). The molecular weight excluding hydrogens is 442 g/mol. The largest absolute Gasteiger partial charge is 0.348 e. The summed E-state index contributed by atoms with van der Waals surface area (Å²) in [5, 5.41) is 4.72. The van der Waals surface area contributed by atoms with Gasteiger partial charge in [0.15, 0.2) is 0 Å². The second-order valence-corrected chi connectivity index (χ2v) is 10.9. The van der Waals surface area contributed by atoms with Crippen LogP contribution < -0.4 is 5.32 Å². The van der Waals surface area contributed by atoms with E-state index in [0.29, 0.717) is 6.04 Å². The van der Waals surface area contributed by atoms with E-state index in [9.17, 15) is 4.79 Å². The van der Waals surface area contributed by atoms with Crippen molar-refractivity contribution in [2.75, 3.05) is 19.6 Å². The molecule has 0 spiro atoms. The number of nitrogens with one attached hydrogen (secondary N) is 1. The Morgan fingerprint density at radius 2 is 1.44 bits per heavy atom. The van der Waals surface area contributed by atoms with Crippen molar-refractivity contribution in [2.24, 2.45) is 0 Å². The second-order valence-electron chi connectivity index (χ2n) is 10.9. The number of aryl methyl sites for hydroxylation is 1. The van der Waals surface area contributed by atoms with Crippen molar-refractivity contribution in [3.8, 4) is 0 Å². The lowest BCUT2D eigenvalue weighted by atomic mass is 9.96. The van der Waals surface area contributed by atoms with E-state index in [2.05, 4.69) is 69.4 Å². The Morgan fingerprint density at radius 1 is 0.778 bits per heavy atom. The van der Waals surface area contributed by atoms with Crippen LogP contribution >= 0.6 is 0 Å². The summed E-state index contributed by atoms with van der Waals surface area (Å²) in [7, 11) is 0. The fraction of sp³-hybridized carbons (Fsp3) is 0.531. The Bertz CT molecular complexity index is 1110. The van der Waals surface area contributed by atoms with Crippen LogP contribution in [0.15, 0.2) is 54.6 Å². The van der Waals surface area contributed by atoms with Gasteiger partial charge in [-0.1, -0.05) is 80.6 Å². The van der Waals surface area contributed by atoms with Gasteiger partial charge >= 0.3 is 0 Å². The number of fused-ring (bicyclic) bond motifs is 1. The smallest absolute Gasteiger partial charge is 0.268 e. The number of rotatable bonds is 9. The summed E-state index contributed by atoms with van der Waals surface area (Å²) < 4.78 is 2.34. The van der Waals surface area contributed by atoms with Crippen LogP contribution in [0.3, 0.4) is 0 Å². The van der Waals surface area contributed by atoms with Crippen molar-refractivity contribution in [1.82, 2.24) is 14.8 Å². The van der Waals surface area contributed by atoms with E-state index in [4.69, 9.17) is 0 Å². The highest BCUT2D eigenvalue weighted by atomic mass is 16.2. The first-order valence-electron chi connectivity index (χ1n) is 14.5. The molecule has 0 unspecified atom stereocenters. The zero-order chi connectivity index (χ0) is 24.6. The van der Waals surface area contributed by atoms with Gasteiger partial charge in [-0.05, 0) is 75.4 Å². The van der Waals surface area contributed by atoms with Gasteiger partial charge in [-0.2, -0.15) is 0 Å². The van der Waals surface area contributed by atoms with E-state index < -0.39 is 0 Å². The molecule has 4 nitrogen and oxygen atoms in total. The number of carbonyl (C=O) groups excluding carboxylic acids is 1. The third-order valence-electron chi connectivity index (χ3n) is 8.26. The van der Waals surface area contributed by atoms with Crippen molar-refractivity contribution in [3.63, 3.8) is 0 Å². The first-order valence-corrected chi connectivity index (χ1v) is 14.5. The van der Waals surface area contributed by atoms with Crippen molar-refractivity contribution < 1.29 is 4.79 Å². The lowest BCUT2D eigenvalue weighted by molar-refractivity contribution is 0.0920. The van der Waals surface area contributed by atoms with Crippen molar-refractivity contribution in [2.45, 2.75) is 89.6 Å². The number of aromatic nitrogens is 1. The van der Waals surface area contributed by atoms with Crippen LogP contribution in [0.2, 0.25) is 0 Å². The molecule has 2 aliphatic rings. The van der Waals surface area contributed by atoms with E-state index in [1.54, 1.807) is 0 Å². The minimum absolute atomic E-state index is 0.127. The van der Waals surface area contributed by atoms with Gasteiger partial charge in [-0.15, -0.1) is 0 Å². The number of unbranched alkanes of at least 4 members (excludes halogenated alkanes) is 1. The fourth-order valence-electron chi connectivity index (χ4n) is 6.31. The molecule has 1 aliphatic heterocycles. The molecule has 0 bridgehead atoms. The molecule has 1 N–H and O–H groups in total. The summed E-state index contributed by atoms with van der Waals surface area (Å²) >= 11 is 0. The molecule has 1 saturated carbocycles. The van der Waals surface area contributed by atoms with Crippen LogP contribution in [-0.4, -0.2) is 41.1 Å². The van der Waals surface area contributed by atoms with E-state index >= 15 is 0 Å². The zero-order valence-electron chi connectivity index (χ0n) is 21.9. The van der Waals surface area contributed by atoms with Gasteiger partial charge in [-0.25, -0.2) is 0 Å². The van der Waals surface area contributed by atoms with E-state index in [1.807, 2.05) is 0 Å². The third-order valence-corrected chi connectivity index (χ3v) is 8.26. The van der Waals surface area contributed by atoms with Gasteiger partial charge in [0.05, 0.1) is 0 Å². The Morgan fingerprint density at radius 3 is 2.22 bits per heavy atom. The van der Waals surface area contributed by atoms with E-state index in [0.717, 1.165) is 37.9 Å². The predicted molar refractivity (Wildman–Crippen MR) is 150 cm³/mol. The number of likely N-dealkylation sites (tertiary alicyclic amines) is 1. The molecular formula is C32H43N3O. The third kappa shape index (κ3) is 6.21. The highest BCUT2D eigenvalue weighted by molar-refractivity contribution is 6.02. The number of hydrogen-bond donors (Lipinski definition) is 1. The second kappa shape index (κ2) is 12.6. The van der Waals surface area contributed by atoms with Gasteiger partial charge < -0.3 is 14.8 Å². The number of hydrogen-bond acceptors (Lipinski definition) is 2. The molecule has 1 aromatic heterocycles. The molecule has 0 atom stereocenters. The van der Waals surface area contributed by atoms with Gasteiger partial charge in [0, 0.05) is 29.9 Å². The first-order chi connectivity index (χ1) is 17.8. The van der Waals surface area contributed by atoms with Crippen molar-refractivity contribution >= 4 is 16.8 Å². The quantitative estimate of drug-likeness (QED) is 0.333. The summed E-state index contributed by atoms with van der Waals surface area (Å²) in [4.78, 5) is 16.6. The van der Waals surface area contributed by atoms with Crippen molar-refractivity contribution in [3.05, 3.63) is 71.4 Å². The molecule has 3 aromatic rings. The van der Waals surface area contributed by atoms with Crippen molar-refractivity contribution in [1.29, 1.82) is 0 Å².